The lowest BCUT2D eigenvalue weighted by Gasteiger charge is -2.26. The second-order valence-electron chi connectivity index (χ2n) is 9.23. The maximum Gasteiger partial charge on any atom is 0.116 e. The Bertz CT molecular complexity index is 720. The molecule has 136 valence electrons. The third-order valence-electron chi connectivity index (χ3n) is 5.00. The van der Waals surface area contributed by atoms with E-state index in [1.54, 1.807) is 0 Å². The highest BCUT2D eigenvalue weighted by atomic mass is 16.3. The zero-order chi connectivity index (χ0) is 19.2. The molecular formula is C23H32O2. The third-order valence-corrected chi connectivity index (χ3v) is 5.00. The van der Waals surface area contributed by atoms with E-state index in [1.165, 1.54) is 11.1 Å². The van der Waals surface area contributed by atoms with Crippen LogP contribution in [0, 0.1) is 13.8 Å². The summed E-state index contributed by atoms with van der Waals surface area (Å²) in [6, 6.07) is 7.44. The lowest BCUT2D eigenvalue weighted by atomic mass is 9.79. The quantitative estimate of drug-likeness (QED) is 0.714. The average Bonchev–Trinajstić information content (AvgIpc) is 2.43. The topological polar surface area (TPSA) is 40.5 Å². The van der Waals surface area contributed by atoms with Crippen LogP contribution in [0.5, 0.6) is 11.5 Å². The van der Waals surface area contributed by atoms with Gasteiger partial charge < -0.3 is 10.2 Å². The van der Waals surface area contributed by atoms with Gasteiger partial charge in [0.1, 0.15) is 11.5 Å². The van der Waals surface area contributed by atoms with E-state index < -0.39 is 0 Å². The highest BCUT2D eigenvalue weighted by molar-refractivity contribution is 5.50. The van der Waals surface area contributed by atoms with E-state index in [0.717, 1.165) is 22.3 Å². The smallest absolute Gasteiger partial charge is 0.116 e. The zero-order valence-corrected chi connectivity index (χ0v) is 16.9. The summed E-state index contributed by atoms with van der Waals surface area (Å²) in [5.74, 6) is 0.610. The number of phenolic OH excluding ortho intramolecular Hbond substituents is 2. The van der Waals surface area contributed by atoms with Crippen LogP contribution in [-0.2, 0) is 17.3 Å². The first-order chi connectivity index (χ1) is 11.3. The summed E-state index contributed by atoms with van der Waals surface area (Å²) in [7, 11) is 0. The number of aromatic hydroxyl groups is 2. The van der Waals surface area contributed by atoms with Crippen molar-refractivity contribution in [3.05, 3.63) is 57.6 Å². The first kappa shape index (κ1) is 19.4. The van der Waals surface area contributed by atoms with Crippen LogP contribution in [0.1, 0.15) is 74.9 Å². The molecule has 2 heteroatoms. The van der Waals surface area contributed by atoms with Crippen LogP contribution in [0.4, 0.5) is 0 Å². The number of phenols is 2. The fraction of sp³-hybridized carbons (Fsp3) is 0.478. The monoisotopic (exact) mass is 340 g/mol. The van der Waals surface area contributed by atoms with Crippen molar-refractivity contribution in [1.29, 1.82) is 0 Å². The molecule has 2 aromatic rings. The Morgan fingerprint density at radius 3 is 1.24 bits per heavy atom. The van der Waals surface area contributed by atoms with Crippen LogP contribution in [0.15, 0.2) is 24.3 Å². The summed E-state index contributed by atoms with van der Waals surface area (Å²) in [6.45, 7) is 17.2. The lowest BCUT2D eigenvalue weighted by molar-refractivity contribution is 0.469. The third kappa shape index (κ3) is 4.18. The van der Waals surface area contributed by atoms with Crippen molar-refractivity contribution in [2.24, 2.45) is 0 Å². The van der Waals surface area contributed by atoms with E-state index >= 15 is 0 Å². The number of hydrogen-bond donors (Lipinski definition) is 2. The molecule has 0 bridgehead atoms. The largest absolute Gasteiger partial charge is 0.508 e. The van der Waals surface area contributed by atoms with Crippen molar-refractivity contribution < 1.29 is 10.2 Å². The van der Waals surface area contributed by atoms with Gasteiger partial charge in [0.2, 0.25) is 0 Å². The Morgan fingerprint density at radius 1 is 0.640 bits per heavy atom. The van der Waals surface area contributed by atoms with Crippen molar-refractivity contribution in [1.82, 2.24) is 0 Å². The highest BCUT2D eigenvalue weighted by Gasteiger charge is 2.22. The molecular weight excluding hydrogens is 308 g/mol. The van der Waals surface area contributed by atoms with Crippen LogP contribution in [0.2, 0.25) is 0 Å². The van der Waals surface area contributed by atoms with Gasteiger partial charge in [0.05, 0.1) is 0 Å². The fourth-order valence-corrected chi connectivity index (χ4v) is 3.65. The lowest BCUT2D eigenvalue weighted by Crippen LogP contribution is -2.15. The van der Waals surface area contributed by atoms with Crippen LogP contribution in [0.25, 0.3) is 0 Å². The van der Waals surface area contributed by atoms with Crippen LogP contribution >= 0.6 is 0 Å². The van der Waals surface area contributed by atoms with Gasteiger partial charge in [-0.25, -0.2) is 0 Å². The summed E-state index contributed by atoms with van der Waals surface area (Å²) in [5, 5.41) is 20.4. The molecule has 2 N–H and O–H groups in total. The number of benzene rings is 2. The van der Waals surface area contributed by atoms with E-state index in [2.05, 4.69) is 55.4 Å². The van der Waals surface area contributed by atoms with E-state index in [0.29, 0.717) is 17.9 Å². The maximum absolute atomic E-state index is 10.2. The Kier molecular flexibility index (Phi) is 4.96. The summed E-state index contributed by atoms with van der Waals surface area (Å²) in [4.78, 5) is 0. The average molecular weight is 341 g/mol. The van der Waals surface area contributed by atoms with Gasteiger partial charge in [-0.15, -0.1) is 0 Å². The zero-order valence-electron chi connectivity index (χ0n) is 16.9. The fourth-order valence-electron chi connectivity index (χ4n) is 3.65. The Balaban J connectivity index is 2.58. The standard InChI is InChI=1S/C23H32O2/c1-14-16(10-18(24)12-20(14)22(3,4)5)9-17-11-19(25)13-21(15(17)2)23(6,7)8/h10-13,24-25H,9H2,1-8H3. The molecule has 0 amide bonds. The highest BCUT2D eigenvalue weighted by Crippen LogP contribution is 2.35. The van der Waals surface area contributed by atoms with Gasteiger partial charge in [-0.1, -0.05) is 41.5 Å². The molecule has 25 heavy (non-hydrogen) atoms. The van der Waals surface area contributed by atoms with Gasteiger partial charge in [-0.2, -0.15) is 0 Å². The molecule has 2 nitrogen and oxygen atoms in total. The Hall–Kier alpha value is -1.96. The van der Waals surface area contributed by atoms with E-state index in [9.17, 15) is 10.2 Å². The molecule has 0 unspecified atom stereocenters. The van der Waals surface area contributed by atoms with Crippen LogP contribution < -0.4 is 0 Å². The predicted molar refractivity (Wildman–Crippen MR) is 106 cm³/mol. The van der Waals surface area contributed by atoms with E-state index in [-0.39, 0.29) is 10.8 Å². The molecule has 0 saturated heterocycles. The maximum atomic E-state index is 10.2. The number of hydrogen-bond acceptors (Lipinski definition) is 2. The van der Waals surface area contributed by atoms with Gasteiger partial charge in [-0.3, -0.25) is 0 Å². The molecule has 0 saturated carbocycles. The van der Waals surface area contributed by atoms with E-state index in [4.69, 9.17) is 0 Å². The van der Waals surface area contributed by atoms with Crippen molar-refractivity contribution in [2.45, 2.75) is 72.6 Å². The van der Waals surface area contributed by atoms with Gasteiger partial charge >= 0.3 is 0 Å². The summed E-state index contributed by atoms with van der Waals surface area (Å²) in [5.41, 5.74) is 6.92. The summed E-state index contributed by atoms with van der Waals surface area (Å²) in [6.07, 6.45) is 0.701. The molecule has 0 fully saturated rings. The molecule has 2 aromatic carbocycles. The molecule has 0 aliphatic carbocycles. The number of rotatable bonds is 2. The minimum absolute atomic E-state index is 0.0258. The Labute approximate surface area is 152 Å². The van der Waals surface area contributed by atoms with Crippen LogP contribution in [-0.4, -0.2) is 10.2 Å². The molecule has 0 aliphatic rings. The molecule has 0 atom stereocenters. The molecule has 0 heterocycles. The minimum Gasteiger partial charge on any atom is -0.508 e. The second kappa shape index (κ2) is 6.40. The van der Waals surface area contributed by atoms with Gasteiger partial charge in [-0.05, 0) is 88.7 Å². The predicted octanol–water partition coefficient (Wildman–Crippen LogP) is 5.90. The first-order valence-corrected chi connectivity index (χ1v) is 8.96. The van der Waals surface area contributed by atoms with Gasteiger partial charge in [0.15, 0.2) is 0 Å². The molecule has 0 aromatic heterocycles. The van der Waals surface area contributed by atoms with Crippen molar-refractivity contribution in [2.75, 3.05) is 0 Å². The molecule has 2 rings (SSSR count). The van der Waals surface area contributed by atoms with E-state index in [1.807, 2.05) is 24.3 Å². The summed E-state index contributed by atoms with van der Waals surface area (Å²) < 4.78 is 0. The van der Waals surface area contributed by atoms with Crippen molar-refractivity contribution >= 4 is 0 Å². The first-order valence-electron chi connectivity index (χ1n) is 8.96. The van der Waals surface area contributed by atoms with Gasteiger partial charge in [0, 0.05) is 0 Å². The molecule has 0 aliphatic heterocycles. The SMILES string of the molecule is Cc1c(Cc2cc(O)cc(C(C)(C)C)c2C)cc(O)cc1C(C)(C)C. The van der Waals surface area contributed by atoms with Crippen molar-refractivity contribution in [3.63, 3.8) is 0 Å². The molecule has 0 radical (unpaired) electrons. The normalized spacial score (nSPS) is 12.5. The van der Waals surface area contributed by atoms with Crippen LogP contribution in [0.3, 0.4) is 0 Å². The molecule has 0 spiro atoms. The van der Waals surface area contributed by atoms with Gasteiger partial charge in [0.25, 0.3) is 0 Å². The van der Waals surface area contributed by atoms with Crippen molar-refractivity contribution in [3.8, 4) is 11.5 Å². The summed E-state index contributed by atoms with van der Waals surface area (Å²) >= 11 is 0. The minimum atomic E-state index is -0.0258. The second-order valence-corrected chi connectivity index (χ2v) is 9.23. The Morgan fingerprint density at radius 2 is 0.960 bits per heavy atom.